The molecule has 1 fully saturated rings. The molecule has 1 unspecified atom stereocenters. The molecule has 0 saturated heterocycles. The van der Waals surface area contributed by atoms with Gasteiger partial charge in [-0.05, 0) is 48.9 Å². The van der Waals surface area contributed by atoms with Crippen LogP contribution in [0, 0.1) is 0 Å². The molecule has 0 bridgehead atoms. The summed E-state index contributed by atoms with van der Waals surface area (Å²) >= 11 is 1.49. The van der Waals surface area contributed by atoms with E-state index in [1.54, 1.807) is 0 Å². The van der Waals surface area contributed by atoms with Gasteiger partial charge in [0.15, 0.2) is 0 Å². The quantitative estimate of drug-likeness (QED) is 0.843. The number of aryl methyl sites for hydroxylation is 1. The molecule has 1 aromatic heterocycles. The maximum atomic E-state index is 5.83. The Balaban J connectivity index is 1.54. The van der Waals surface area contributed by atoms with Gasteiger partial charge in [0.1, 0.15) is 5.82 Å². The molecule has 1 aromatic carbocycles. The summed E-state index contributed by atoms with van der Waals surface area (Å²) in [5, 5.41) is 4.48. The van der Waals surface area contributed by atoms with Gasteiger partial charge in [0.2, 0.25) is 5.13 Å². The molecule has 0 amide bonds. The van der Waals surface area contributed by atoms with Gasteiger partial charge in [-0.25, -0.2) is 4.98 Å². The van der Waals surface area contributed by atoms with Crippen LogP contribution < -0.4 is 11.1 Å². The molecule has 2 aliphatic rings. The second-order valence-electron chi connectivity index (χ2n) is 5.43. The van der Waals surface area contributed by atoms with Crippen LogP contribution in [-0.4, -0.2) is 9.36 Å². The highest BCUT2D eigenvalue weighted by Crippen LogP contribution is 2.40. The fourth-order valence-corrected chi connectivity index (χ4v) is 3.44. The second-order valence-corrected chi connectivity index (χ2v) is 6.18. The highest BCUT2D eigenvalue weighted by atomic mass is 32.1. The van der Waals surface area contributed by atoms with Crippen LogP contribution in [0.3, 0.4) is 0 Å². The van der Waals surface area contributed by atoms with Crippen LogP contribution in [0.5, 0.6) is 0 Å². The van der Waals surface area contributed by atoms with Crippen LogP contribution in [0.4, 0.5) is 10.8 Å². The molecule has 19 heavy (non-hydrogen) atoms. The molecule has 2 aromatic rings. The zero-order valence-corrected chi connectivity index (χ0v) is 11.4. The number of anilines is 2. The number of nitrogens with two attached hydrogens (primary N) is 1. The molecule has 98 valence electrons. The summed E-state index contributed by atoms with van der Waals surface area (Å²) in [4.78, 5) is 4.60. The summed E-state index contributed by atoms with van der Waals surface area (Å²) in [6.45, 7) is 0. The first-order valence-electron chi connectivity index (χ1n) is 6.78. The van der Waals surface area contributed by atoms with E-state index in [-0.39, 0.29) is 0 Å². The molecule has 5 heteroatoms. The molecule has 1 heterocycles. The van der Waals surface area contributed by atoms with Crippen molar-refractivity contribution in [2.24, 2.45) is 0 Å². The fraction of sp³-hybridized carbons (Fsp3) is 0.429. The van der Waals surface area contributed by atoms with E-state index < -0.39 is 0 Å². The van der Waals surface area contributed by atoms with Gasteiger partial charge in [-0.15, -0.1) is 0 Å². The molecule has 0 radical (unpaired) electrons. The normalized spacial score (nSPS) is 21.4. The van der Waals surface area contributed by atoms with E-state index in [1.165, 1.54) is 35.5 Å². The van der Waals surface area contributed by atoms with Crippen molar-refractivity contribution < 1.29 is 0 Å². The van der Waals surface area contributed by atoms with Crippen molar-refractivity contribution in [2.75, 3.05) is 11.1 Å². The van der Waals surface area contributed by atoms with Crippen LogP contribution in [0.2, 0.25) is 0 Å². The number of nitrogens with zero attached hydrogens (tertiary/aromatic N) is 2. The minimum absolute atomic E-state index is 0.357. The van der Waals surface area contributed by atoms with E-state index in [2.05, 4.69) is 26.8 Å². The number of nitrogen functional groups attached to an aromatic ring is 1. The topological polar surface area (TPSA) is 63.8 Å². The summed E-state index contributed by atoms with van der Waals surface area (Å²) in [6.07, 6.45) is 4.70. The number of aromatic nitrogens is 2. The van der Waals surface area contributed by atoms with Gasteiger partial charge >= 0.3 is 0 Å². The average Bonchev–Trinajstić information content (AvgIpc) is 3.03. The predicted molar refractivity (Wildman–Crippen MR) is 77.4 cm³/mol. The summed E-state index contributed by atoms with van der Waals surface area (Å²) in [6, 6.07) is 6.56. The Bertz CT molecular complexity index is 618. The van der Waals surface area contributed by atoms with Gasteiger partial charge in [-0.1, -0.05) is 6.07 Å². The van der Waals surface area contributed by atoms with E-state index in [1.807, 2.05) is 6.07 Å². The van der Waals surface area contributed by atoms with E-state index in [9.17, 15) is 0 Å². The fourth-order valence-electron chi connectivity index (χ4n) is 2.74. The highest BCUT2D eigenvalue weighted by molar-refractivity contribution is 7.09. The van der Waals surface area contributed by atoms with E-state index in [0.717, 1.165) is 29.5 Å². The number of hydrogen-bond acceptors (Lipinski definition) is 5. The molecule has 2 aliphatic carbocycles. The summed E-state index contributed by atoms with van der Waals surface area (Å²) in [7, 11) is 0. The maximum absolute atomic E-state index is 5.83. The first-order valence-corrected chi connectivity index (χ1v) is 7.55. The van der Waals surface area contributed by atoms with E-state index >= 15 is 0 Å². The lowest BCUT2D eigenvalue weighted by Crippen LogP contribution is -2.06. The third-order valence-electron chi connectivity index (χ3n) is 3.93. The van der Waals surface area contributed by atoms with E-state index in [0.29, 0.717) is 12.0 Å². The van der Waals surface area contributed by atoms with Crippen LogP contribution in [0.15, 0.2) is 18.2 Å². The first kappa shape index (κ1) is 11.2. The standard InChI is InChI=1S/C14H16N4S/c15-10-4-5-11-9(7-10)3-6-12(11)16-14-17-13(18-19-14)8-1-2-8/h4-5,7-8,12H,1-3,6,15H2,(H,16,17,18). The average molecular weight is 272 g/mol. The van der Waals surface area contributed by atoms with Gasteiger partial charge in [0, 0.05) is 23.1 Å². The Morgan fingerprint density at radius 3 is 3.00 bits per heavy atom. The lowest BCUT2D eigenvalue weighted by Gasteiger charge is -2.12. The number of nitrogens with one attached hydrogen (secondary N) is 1. The van der Waals surface area contributed by atoms with Gasteiger partial charge in [0.25, 0.3) is 0 Å². The zero-order chi connectivity index (χ0) is 12.8. The molecule has 1 atom stereocenters. The largest absolute Gasteiger partial charge is 0.399 e. The van der Waals surface area contributed by atoms with E-state index in [4.69, 9.17) is 5.73 Å². The van der Waals surface area contributed by atoms with Crippen LogP contribution >= 0.6 is 11.5 Å². The minimum atomic E-state index is 0.357. The maximum Gasteiger partial charge on any atom is 0.203 e. The van der Waals surface area contributed by atoms with Crippen molar-refractivity contribution in [3.63, 3.8) is 0 Å². The van der Waals surface area contributed by atoms with Gasteiger partial charge < -0.3 is 11.1 Å². The molecular formula is C14H16N4S. The Morgan fingerprint density at radius 2 is 2.16 bits per heavy atom. The van der Waals surface area contributed by atoms with Gasteiger partial charge in [0.05, 0.1) is 6.04 Å². The van der Waals surface area contributed by atoms with Crippen molar-refractivity contribution in [3.05, 3.63) is 35.2 Å². The minimum Gasteiger partial charge on any atom is -0.399 e. The van der Waals surface area contributed by atoms with Crippen molar-refractivity contribution in [2.45, 2.75) is 37.6 Å². The molecular weight excluding hydrogens is 256 g/mol. The Kier molecular flexibility index (Phi) is 2.48. The summed E-state index contributed by atoms with van der Waals surface area (Å²) in [5.41, 5.74) is 9.41. The van der Waals surface area contributed by atoms with Crippen molar-refractivity contribution in [3.8, 4) is 0 Å². The van der Waals surface area contributed by atoms with Crippen molar-refractivity contribution in [1.82, 2.24) is 9.36 Å². The molecule has 0 aliphatic heterocycles. The lowest BCUT2D eigenvalue weighted by atomic mass is 10.1. The number of hydrogen-bond donors (Lipinski definition) is 2. The first-order chi connectivity index (χ1) is 9.29. The third kappa shape index (κ3) is 2.08. The molecule has 3 N–H and O–H groups in total. The van der Waals surface area contributed by atoms with Crippen molar-refractivity contribution >= 4 is 22.4 Å². The SMILES string of the molecule is Nc1ccc2c(c1)CCC2Nc1nc(C2CC2)ns1. The van der Waals surface area contributed by atoms with Gasteiger partial charge in [-0.2, -0.15) is 4.37 Å². The number of fused-ring (bicyclic) bond motifs is 1. The smallest absolute Gasteiger partial charge is 0.203 e. The van der Waals surface area contributed by atoms with Gasteiger partial charge in [-0.3, -0.25) is 0 Å². The molecule has 1 saturated carbocycles. The zero-order valence-electron chi connectivity index (χ0n) is 10.6. The Morgan fingerprint density at radius 1 is 1.26 bits per heavy atom. The highest BCUT2D eigenvalue weighted by Gasteiger charge is 2.29. The number of rotatable bonds is 3. The molecule has 4 rings (SSSR count). The van der Waals surface area contributed by atoms with Crippen LogP contribution in [0.25, 0.3) is 0 Å². The lowest BCUT2D eigenvalue weighted by molar-refractivity contribution is 0.759. The predicted octanol–water partition coefficient (Wildman–Crippen LogP) is 3.10. The second kappa shape index (κ2) is 4.20. The summed E-state index contributed by atoms with van der Waals surface area (Å²) < 4.78 is 4.44. The monoisotopic (exact) mass is 272 g/mol. The molecule has 4 nitrogen and oxygen atoms in total. The Hall–Kier alpha value is -1.62. The molecule has 0 spiro atoms. The van der Waals surface area contributed by atoms with Crippen LogP contribution in [-0.2, 0) is 6.42 Å². The third-order valence-corrected chi connectivity index (χ3v) is 4.59. The number of benzene rings is 1. The van der Waals surface area contributed by atoms with Crippen molar-refractivity contribution in [1.29, 1.82) is 0 Å². The Labute approximate surface area is 116 Å². The summed E-state index contributed by atoms with van der Waals surface area (Å²) in [5.74, 6) is 1.66. The van der Waals surface area contributed by atoms with Crippen LogP contribution in [0.1, 0.15) is 48.2 Å².